The van der Waals surface area contributed by atoms with Crippen LogP contribution in [0.15, 0.2) is 36.7 Å². The summed E-state index contributed by atoms with van der Waals surface area (Å²) in [6, 6.07) is 8.74. The predicted octanol–water partition coefficient (Wildman–Crippen LogP) is 3.05. The maximum atomic E-state index is 10.9. The lowest BCUT2D eigenvalue weighted by Gasteiger charge is -2.23. The number of nitrogens with zero attached hydrogens (tertiary/aromatic N) is 4. The summed E-state index contributed by atoms with van der Waals surface area (Å²) in [5.74, 6) is 0.762. The Morgan fingerprint density at radius 1 is 1.17 bits per heavy atom. The topological polar surface area (TPSA) is 71.2 Å². The zero-order valence-corrected chi connectivity index (χ0v) is 12.7. The van der Waals surface area contributed by atoms with Gasteiger partial charge in [-0.3, -0.25) is 0 Å². The Morgan fingerprint density at radius 3 is 2.52 bits per heavy atom. The highest BCUT2D eigenvalue weighted by Gasteiger charge is 2.25. The van der Waals surface area contributed by atoms with Gasteiger partial charge in [0.15, 0.2) is 5.82 Å². The van der Waals surface area contributed by atoms with Crippen molar-refractivity contribution in [2.45, 2.75) is 25.3 Å². The van der Waals surface area contributed by atoms with E-state index in [4.69, 9.17) is 5.11 Å². The summed E-state index contributed by atoms with van der Waals surface area (Å²) in [4.78, 5) is 16.7. The third kappa shape index (κ3) is 2.84. The molecule has 0 spiro atoms. The lowest BCUT2D eigenvalue weighted by atomic mass is 9.98. The van der Waals surface area contributed by atoms with Crippen molar-refractivity contribution in [3.63, 3.8) is 0 Å². The average Bonchev–Trinajstić information content (AvgIpc) is 3.32. The first-order valence-electron chi connectivity index (χ1n) is 7.89. The van der Waals surface area contributed by atoms with E-state index in [0.29, 0.717) is 19.1 Å². The average molecular weight is 310 g/mol. The van der Waals surface area contributed by atoms with Crippen molar-refractivity contribution in [1.29, 1.82) is 0 Å². The van der Waals surface area contributed by atoms with Gasteiger partial charge in [0.2, 0.25) is 0 Å². The Morgan fingerprint density at radius 2 is 1.91 bits per heavy atom. The van der Waals surface area contributed by atoms with Crippen LogP contribution in [-0.4, -0.2) is 44.0 Å². The van der Waals surface area contributed by atoms with E-state index in [1.165, 1.54) is 23.3 Å². The van der Waals surface area contributed by atoms with Crippen molar-refractivity contribution in [1.82, 2.24) is 19.7 Å². The molecule has 2 aliphatic rings. The molecule has 1 aromatic heterocycles. The van der Waals surface area contributed by atoms with Crippen molar-refractivity contribution >= 4 is 11.7 Å². The van der Waals surface area contributed by atoms with Gasteiger partial charge in [0.05, 0.1) is 6.04 Å². The second-order valence-corrected chi connectivity index (χ2v) is 6.06. The summed E-state index contributed by atoms with van der Waals surface area (Å²) in [5, 5.41) is 13.5. The van der Waals surface area contributed by atoms with Gasteiger partial charge in [-0.2, -0.15) is 5.10 Å². The van der Waals surface area contributed by atoms with Gasteiger partial charge in [0.25, 0.3) is 0 Å². The molecule has 118 valence electrons. The highest BCUT2D eigenvalue weighted by atomic mass is 16.4. The third-order valence-electron chi connectivity index (χ3n) is 4.42. The maximum absolute atomic E-state index is 10.9. The third-order valence-corrected chi connectivity index (χ3v) is 4.42. The minimum Gasteiger partial charge on any atom is -0.465 e. The fourth-order valence-electron chi connectivity index (χ4n) is 2.86. The van der Waals surface area contributed by atoms with Crippen LogP contribution < -0.4 is 0 Å². The lowest BCUT2D eigenvalue weighted by molar-refractivity contribution is 0.150. The van der Waals surface area contributed by atoms with Crippen LogP contribution in [0.1, 0.15) is 30.9 Å². The molecule has 1 saturated carbocycles. The number of hydrogen-bond donors (Lipinski definition) is 1. The Kier molecular flexibility index (Phi) is 3.37. The molecule has 6 nitrogen and oxygen atoms in total. The van der Waals surface area contributed by atoms with E-state index in [0.717, 1.165) is 23.4 Å². The van der Waals surface area contributed by atoms with E-state index in [-0.39, 0.29) is 0 Å². The molecule has 4 rings (SSSR count). The molecule has 1 aromatic carbocycles. The van der Waals surface area contributed by atoms with E-state index in [1.807, 2.05) is 29.2 Å². The van der Waals surface area contributed by atoms with Gasteiger partial charge in [-0.05, 0) is 30.4 Å². The number of amides is 1. The van der Waals surface area contributed by atoms with E-state index < -0.39 is 6.09 Å². The number of benzene rings is 1. The van der Waals surface area contributed by atoms with Gasteiger partial charge >= 0.3 is 6.09 Å². The summed E-state index contributed by atoms with van der Waals surface area (Å²) in [6.07, 6.45) is 6.10. The normalized spacial score (nSPS) is 17.9. The molecule has 0 saturated heterocycles. The summed E-state index contributed by atoms with van der Waals surface area (Å²) in [7, 11) is 0. The van der Waals surface area contributed by atoms with E-state index >= 15 is 0 Å². The minimum absolute atomic E-state index is 0.458. The van der Waals surface area contributed by atoms with Crippen LogP contribution in [0.2, 0.25) is 0 Å². The van der Waals surface area contributed by atoms with Gasteiger partial charge in [-0.1, -0.05) is 30.3 Å². The van der Waals surface area contributed by atoms with Crippen molar-refractivity contribution in [3.05, 3.63) is 42.2 Å². The smallest absolute Gasteiger partial charge is 0.407 e. The molecule has 1 amide bonds. The van der Waals surface area contributed by atoms with Crippen LogP contribution >= 0.6 is 0 Å². The SMILES string of the molecule is O=C(O)N1CC=C(c2ccc(-c3ncn(C4CC4)n3)cc2)CC1. The second-order valence-electron chi connectivity index (χ2n) is 6.06. The summed E-state index contributed by atoms with van der Waals surface area (Å²) >= 11 is 0. The Bertz CT molecular complexity index is 759. The summed E-state index contributed by atoms with van der Waals surface area (Å²) < 4.78 is 1.95. The van der Waals surface area contributed by atoms with Gasteiger partial charge in [0.1, 0.15) is 6.33 Å². The zero-order valence-electron chi connectivity index (χ0n) is 12.7. The van der Waals surface area contributed by atoms with Crippen molar-refractivity contribution in [2.75, 3.05) is 13.1 Å². The molecule has 1 N–H and O–H groups in total. The molecule has 0 bridgehead atoms. The van der Waals surface area contributed by atoms with E-state index in [2.05, 4.69) is 22.2 Å². The Labute approximate surface area is 134 Å². The van der Waals surface area contributed by atoms with Crippen LogP contribution in [0.25, 0.3) is 17.0 Å². The van der Waals surface area contributed by atoms with Crippen molar-refractivity contribution < 1.29 is 9.90 Å². The Balaban J connectivity index is 1.50. The van der Waals surface area contributed by atoms with Crippen LogP contribution in [0.5, 0.6) is 0 Å². The number of rotatable bonds is 3. The quantitative estimate of drug-likeness (QED) is 0.946. The molecule has 1 aliphatic heterocycles. The molecule has 23 heavy (non-hydrogen) atoms. The molecule has 0 atom stereocenters. The second kappa shape index (κ2) is 5.53. The van der Waals surface area contributed by atoms with Crippen LogP contribution in [0.3, 0.4) is 0 Å². The molecule has 1 fully saturated rings. The van der Waals surface area contributed by atoms with Gasteiger partial charge in [-0.25, -0.2) is 14.5 Å². The molecule has 0 unspecified atom stereocenters. The zero-order chi connectivity index (χ0) is 15.8. The summed E-state index contributed by atoms with van der Waals surface area (Å²) in [5.41, 5.74) is 3.35. The standard InChI is InChI=1S/C17H18N4O2/c22-17(23)20-9-7-13(8-10-20)12-1-3-14(4-2-12)16-18-11-21(19-16)15-5-6-15/h1-4,7,11,15H,5-6,8-10H2,(H,22,23). The highest BCUT2D eigenvalue weighted by Crippen LogP contribution is 2.34. The lowest BCUT2D eigenvalue weighted by Crippen LogP contribution is -2.33. The number of hydrogen-bond acceptors (Lipinski definition) is 3. The minimum atomic E-state index is -0.854. The first-order valence-corrected chi connectivity index (χ1v) is 7.89. The largest absolute Gasteiger partial charge is 0.465 e. The number of carbonyl (C=O) groups is 1. The van der Waals surface area contributed by atoms with Crippen molar-refractivity contribution in [3.8, 4) is 11.4 Å². The fourth-order valence-corrected chi connectivity index (χ4v) is 2.86. The maximum Gasteiger partial charge on any atom is 0.407 e. The first kappa shape index (κ1) is 14.0. The van der Waals surface area contributed by atoms with Crippen LogP contribution in [-0.2, 0) is 0 Å². The van der Waals surface area contributed by atoms with Gasteiger partial charge in [0, 0.05) is 18.7 Å². The molecule has 2 heterocycles. The fraction of sp³-hybridized carbons (Fsp3) is 0.353. The molecule has 6 heteroatoms. The molecule has 2 aromatic rings. The van der Waals surface area contributed by atoms with E-state index in [1.54, 1.807) is 0 Å². The van der Waals surface area contributed by atoms with Gasteiger partial charge in [-0.15, -0.1) is 0 Å². The van der Waals surface area contributed by atoms with Crippen molar-refractivity contribution in [2.24, 2.45) is 0 Å². The van der Waals surface area contributed by atoms with Crippen LogP contribution in [0.4, 0.5) is 4.79 Å². The highest BCUT2D eigenvalue weighted by molar-refractivity contribution is 5.72. The number of aromatic nitrogens is 3. The van der Waals surface area contributed by atoms with Gasteiger partial charge < -0.3 is 10.0 Å². The number of carboxylic acid groups (broad SMARTS) is 1. The first-order chi connectivity index (χ1) is 11.2. The monoisotopic (exact) mass is 310 g/mol. The Hall–Kier alpha value is -2.63. The molecular formula is C17H18N4O2. The predicted molar refractivity (Wildman–Crippen MR) is 85.9 cm³/mol. The molecular weight excluding hydrogens is 292 g/mol. The summed E-state index contributed by atoms with van der Waals surface area (Å²) in [6.45, 7) is 1.01. The molecule has 0 radical (unpaired) electrons. The molecule has 1 aliphatic carbocycles. The van der Waals surface area contributed by atoms with Crippen LogP contribution in [0, 0.1) is 0 Å². The van der Waals surface area contributed by atoms with E-state index in [9.17, 15) is 4.79 Å².